The molecule has 0 spiro atoms. The van der Waals surface area contributed by atoms with Crippen molar-refractivity contribution in [2.45, 2.75) is 26.2 Å². The van der Waals surface area contributed by atoms with Crippen LogP contribution in [0.2, 0.25) is 0 Å². The summed E-state index contributed by atoms with van der Waals surface area (Å²) in [6.45, 7) is 6.27. The molecule has 0 saturated carbocycles. The molecule has 58 valence electrons. The van der Waals surface area contributed by atoms with Crippen molar-refractivity contribution in [2.24, 2.45) is 0 Å². The molecular formula is C8H15NO. The van der Waals surface area contributed by atoms with Gasteiger partial charge >= 0.3 is 0 Å². The van der Waals surface area contributed by atoms with Gasteiger partial charge in [0.15, 0.2) is 0 Å². The van der Waals surface area contributed by atoms with Crippen molar-refractivity contribution in [1.82, 2.24) is 5.32 Å². The highest BCUT2D eigenvalue weighted by Crippen LogP contribution is 1.85. The lowest BCUT2D eigenvalue weighted by Crippen LogP contribution is -2.23. The van der Waals surface area contributed by atoms with E-state index in [1.807, 2.05) is 6.92 Å². The first-order chi connectivity index (χ1) is 4.81. The van der Waals surface area contributed by atoms with Gasteiger partial charge in [-0.3, -0.25) is 4.79 Å². The molecule has 2 nitrogen and oxygen atoms in total. The summed E-state index contributed by atoms with van der Waals surface area (Å²) in [6.07, 6.45) is 4.21. The van der Waals surface area contributed by atoms with Gasteiger partial charge in [-0.05, 0) is 12.8 Å². The Kier molecular flexibility index (Phi) is 5.83. The monoisotopic (exact) mass is 141 g/mol. The lowest BCUT2D eigenvalue weighted by molar-refractivity contribution is -0.121. The molecule has 0 aliphatic rings. The molecule has 1 N–H and O–H groups in total. The Balaban J connectivity index is 3.13. The average molecular weight is 141 g/mol. The molecular weight excluding hydrogens is 126 g/mol. The van der Waals surface area contributed by atoms with E-state index in [0.717, 1.165) is 19.4 Å². The number of carbonyl (C=O) groups excluding carboxylic acids is 1. The zero-order chi connectivity index (χ0) is 7.82. The molecule has 0 saturated heterocycles. The van der Waals surface area contributed by atoms with Crippen LogP contribution in [0, 0.1) is 0 Å². The van der Waals surface area contributed by atoms with Gasteiger partial charge in [0.05, 0.1) is 0 Å². The molecule has 0 aromatic heterocycles. The van der Waals surface area contributed by atoms with Gasteiger partial charge in [-0.15, -0.1) is 6.58 Å². The molecule has 0 rings (SSSR count). The number of amides is 1. The number of hydrogen-bond donors (Lipinski definition) is 1. The highest BCUT2D eigenvalue weighted by Gasteiger charge is 1.94. The molecule has 0 aromatic carbocycles. The molecule has 0 aliphatic heterocycles. The van der Waals surface area contributed by atoms with E-state index in [1.54, 1.807) is 6.08 Å². The van der Waals surface area contributed by atoms with E-state index in [2.05, 4.69) is 11.9 Å². The van der Waals surface area contributed by atoms with Crippen LogP contribution >= 0.6 is 0 Å². The summed E-state index contributed by atoms with van der Waals surface area (Å²) in [5.41, 5.74) is 0. The Morgan fingerprint density at radius 2 is 2.40 bits per heavy atom. The van der Waals surface area contributed by atoms with Gasteiger partial charge in [-0.25, -0.2) is 0 Å². The maximum atomic E-state index is 10.8. The molecule has 1 amide bonds. The maximum absolute atomic E-state index is 10.8. The second kappa shape index (κ2) is 6.33. The maximum Gasteiger partial charge on any atom is 0.219 e. The Morgan fingerprint density at radius 3 is 2.90 bits per heavy atom. The van der Waals surface area contributed by atoms with Crippen LogP contribution in [0.25, 0.3) is 0 Å². The summed E-state index contributed by atoms with van der Waals surface area (Å²) < 4.78 is 0. The van der Waals surface area contributed by atoms with E-state index >= 15 is 0 Å². The van der Waals surface area contributed by atoms with Gasteiger partial charge in [0.2, 0.25) is 5.91 Å². The van der Waals surface area contributed by atoms with Gasteiger partial charge in [0.25, 0.3) is 0 Å². The smallest absolute Gasteiger partial charge is 0.219 e. The van der Waals surface area contributed by atoms with Crippen LogP contribution in [-0.4, -0.2) is 12.5 Å². The lowest BCUT2D eigenvalue weighted by Gasteiger charge is -1.99. The average Bonchev–Trinajstić information content (AvgIpc) is 1.89. The topological polar surface area (TPSA) is 29.1 Å². The third kappa shape index (κ3) is 5.35. The second-order valence-corrected chi connectivity index (χ2v) is 2.18. The van der Waals surface area contributed by atoms with E-state index in [4.69, 9.17) is 0 Å². The van der Waals surface area contributed by atoms with Crippen LogP contribution in [0.15, 0.2) is 12.7 Å². The van der Waals surface area contributed by atoms with Gasteiger partial charge in [-0.1, -0.05) is 13.0 Å². The predicted molar refractivity (Wildman–Crippen MR) is 42.7 cm³/mol. The molecule has 2 heteroatoms. The minimum atomic E-state index is 0.143. The number of hydrogen-bond acceptors (Lipinski definition) is 1. The van der Waals surface area contributed by atoms with Crippen LogP contribution in [0.5, 0.6) is 0 Å². The third-order valence-corrected chi connectivity index (χ3v) is 1.15. The van der Waals surface area contributed by atoms with Gasteiger partial charge < -0.3 is 5.32 Å². The molecule has 0 heterocycles. The first-order valence-corrected chi connectivity index (χ1v) is 3.68. The Labute approximate surface area is 62.3 Å². The third-order valence-electron chi connectivity index (χ3n) is 1.15. The van der Waals surface area contributed by atoms with E-state index in [9.17, 15) is 4.79 Å². The number of rotatable bonds is 5. The molecule has 10 heavy (non-hydrogen) atoms. The van der Waals surface area contributed by atoms with Crippen LogP contribution < -0.4 is 5.32 Å². The number of carbonyl (C=O) groups is 1. The predicted octanol–water partition coefficient (Wildman–Crippen LogP) is 1.48. The van der Waals surface area contributed by atoms with Gasteiger partial charge in [0.1, 0.15) is 0 Å². The van der Waals surface area contributed by atoms with Crippen LogP contribution in [0.1, 0.15) is 26.2 Å². The molecule has 0 bridgehead atoms. The second-order valence-electron chi connectivity index (χ2n) is 2.18. The zero-order valence-electron chi connectivity index (χ0n) is 6.52. The van der Waals surface area contributed by atoms with Crippen molar-refractivity contribution in [2.75, 3.05) is 6.54 Å². The van der Waals surface area contributed by atoms with Gasteiger partial charge in [0, 0.05) is 13.0 Å². The van der Waals surface area contributed by atoms with Crippen LogP contribution in [0.4, 0.5) is 0 Å². The fourth-order valence-electron chi connectivity index (χ4n) is 0.629. The Morgan fingerprint density at radius 1 is 1.70 bits per heavy atom. The molecule has 0 radical (unpaired) electrons. The van der Waals surface area contributed by atoms with Crippen molar-refractivity contribution < 1.29 is 4.79 Å². The van der Waals surface area contributed by atoms with Crippen LogP contribution in [0.3, 0.4) is 0 Å². The molecule has 0 unspecified atom stereocenters. The fraction of sp³-hybridized carbons (Fsp3) is 0.625. The Bertz CT molecular complexity index is 110. The first-order valence-electron chi connectivity index (χ1n) is 3.68. The standard InChI is InChI=1S/C8H15NO/c1-3-5-7-9-8(10)6-4-2/h3H,1,4-7H2,2H3,(H,9,10). The molecule has 0 aliphatic carbocycles. The minimum absolute atomic E-state index is 0.143. The number of nitrogens with one attached hydrogen (secondary N) is 1. The van der Waals surface area contributed by atoms with Crippen molar-refractivity contribution in [1.29, 1.82) is 0 Å². The van der Waals surface area contributed by atoms with Crippen molar-refractivity contribution in [3.8, 4) is 0 Å². The van der Waals surface area contributed by atoms with Gasteiger partial charge in [-0.2, -0.15) is 0 Å². The zero-order valence-corrected chi connectivity index (χ0v) is 6.52. The summed E-state index contributed by atoms with van der Waals surface area (Å²) in [5.74, 6) is 0.143. The highest BCUT2D eigenvalue weighted by atomic mass is 16.1. The SMILES string of the molecule is C=CCCNC(=O)CCC. The normalized spacial score (nSPS) is 8.90. The van der Waals surface area contributed by atoms with Crippen molar-refractivity contribution in [3.05, 3.63) is 12.7 Å². The summed E-state index contributed by atoms with van der Waals surface area (Å²) >= 11 is 0. The summed E-state index contributed by atoms with van der Waals surface area (Å²) in [4.78, 5) is 10.8. The first kappa shape index (κ1) is 9.21. The van der Waals surface area contributed by atoms with E-state index in [0.29, 0.717) is 6.42 Å². The lowest BCUT2D eigenvalue weighted by atomic mass is 10.3. The Hall–Kier alpha value is -0.790. The van der Waals surface area contributed by atoms with Crippen molar-refractivity contribution >= 4 is 5.91 Å². The van der Waals surface area contributed by atoms with E-state index in [1.165, 1.54) is 0 Å². The highest BCUT2D eigenvalue weighted by molar-refractivity contribution is 5.75. The molecule has 0 atom stereocenters. The largest absolute Gasteiger partial charge is 0.356 e. The minimum Gasteiger partial charge on any atom is -0.356 e. The molecule has 0 aromatic rings. The molecule has 0 fully saturated rings. The van der Waals surface area contributed by atoms with Crippen LogP contribution in [-0.2, 0) is 4.79 Å². The fourth-order valence-corrected chi connectivity index (χ4v) is 0.629. The summed E-state index contributed by atoms with van der Waals surface area (Å²) in [6, 6.07) is 0. The van der Waals surface area contributed by atoms with E-state index < -0.39 is 0 Å². The van der Waals surface area contributed by atoms with E-state index in [-0.39, 0.29) is 5.91 Å². The van der Waals surface area contributed by atoms with Crippen molar-refractivity contribution in [3.63, 3.8) is 0 Å². The quantitative estimate of drug-likeness (QED) is 0.456. The summed E-state index contributed by atoms with van der Waals surface area (Å²) in [5, 5.41) is 2.77. The summed E-state index contributed by atoms with van der Waals surface area (Å²) in [7, 11) is 0.